The van der Waals surface area contributed by atoms with Gasteiger partial charge in [0.05, 0.1) is 42.8 Å². The number of ether oxygens (including phenoxy) is 4. The molecule has 0 radical (unpaired) electrons. The van der Waals surface area contributed by atoms with Gasteiger partial charge >= 0.3 is 12.4 Å². The second-order valence-corrected chi connectivity index (χ2v) is 19.6. The molecule has 8 rings (SSSR count). The maximum absolute atomic E-state index is 13.3. The van der Waals surface area contributed by atoms with Crippen LogP contribution in [0.1, 0.15) is 102 Å². The fourth-order valence-corrected chi connectivity index (χ4v) is 12.9. The van der Waals surface area contributed by atoms with Gasteiger partial charge in [0.1, 0.15) is 24.4 Å². The Kier molecular flexibility index (Phi) is 11.8. The first kappa shape index (κ1) is 44.2. The van der Waals surface area contributed by atoms with Crippen molar-refractivity contribution in [2.75, 3.05) is 13.2 Å². The Labute approximate surface area is 351 Å². The fourth-order valence-electron chi connectivity index (χ4n) is 12.7. The Morgan fingerprint density at radius 3 is 2.35 bits per heavy atom. The van der Waals surface area contributed by atoms with Gasteiger partial charge in [-0.3, -0.25) is 5.43 Å². The second-order valence-electron chi connectivity index (χ2n) is 19.2. The number of fused-ring (bicyclic) bond motifs is 7. The number of hydrogen-bond donors (Lipinski definition) is 5. The Hall–Kier alpha value is -2.38. The van der Waals surface area contributed by atoms with E-state index in [4.69, 9.17) is 31.2 Å². The first-order valence-corrected chi connectivity index (χ1v) is 21.8. The first-order chi connectivity index (χ1) is 28.2. The Bertz CT molecular complexity index is 1810. The molecule has 1 spiro atoms. The second kappa shape index (κ2) is 16.0. The lowest BCUT2D eigenvalue weighted by atomic mass is 9.47. The molecule has 0 aromatic heterocycles. The van der Waals surface area contributed by atoms with E-state index in [0.717, 1.165) is 57.8 Å². The standard InChI is InChI=1S/C43H57F6N3O7S/c1-21-7-12-41(56-20-21)22(2)33-31(59-41)17-30-28-6-5-24-16-27(8-10-39(24,3)29(28)9-11-40(30,33)4)57-37-34(36(55)35(54)32(19-53)58-37)51-38(60)52-50-18-23-13-25(42(44,45)46)15-26(14-23)43(47,48)49/h5,13-15,18,21-22,27-37,53-55H,6-12,16-17,19-20H2,1-4H3,(H2,51,52,60)/b50-18+/t21-,22+,27+,28-,29+,30+,31+,32-,33+,34-,35-,36-,37-,39+,40+,41-/m1/s1. The summed E-state index contributed by atoms with van der Waals surface area (Å²) in [6, 6.07) is -0.138. The minimum absolute atomic E-state index is 0.0166. The van der Waals surface area contributed by atoms with Crippen LogP contribution in [0.25, 0.3) is 0 Å². The van der Waals surface area contributed by atoms with E-state index in [0.29, 0.717) is 60.5 Å². The fraction of sp³-hybridized carbons (Fsp3) is 0.767. The Morgan fingerprint density at radius 2 is 1.70 bits per heavy atom. The van der Waals surface area contributed by atoms with Gasteiger partial charge < -0.3 is 39.6 Å². The van der Waals surface area contributed by atoms with Crippen LogP contribution in [0, 0.1) is 46.3 Å². The predicted molar refractivity (Wildman–Crippen MR) is 211 cm³/mol. The van der Waals surface area contributed by atoms with Crippen LogP contribution >= 0.6 is 12.2 Å². The van der Waals surface area contributed by atoms with E-state index in [1.807, 2.05) is 0 Å². The zero-order valence-corrected chi connectivity index (χ0v) is 35.1. The van der Waals surface area contributed by atoms with Crippen molar-refractivity contribution in [3.05, 3.63) is 46.5 Å². The molecule has 1 aromatic rings. The molecule has 3 saturated heterocycles. The molecule has 1 aromatic carbocycles. The highest BCUT2D eigenvalue weighted by Crippen LogP contribution is 2.70. The van der Waals surface area contributed by atoms with Crippen LogP contribution in [-0.2, 0) is 31.3 Å². The van der Waals surface area contributed by atoms with Crippen molar-refractivity contribution < 1.29 is 60.6 Å². The van der Waals surface area contributed by atoms with Crippen molar-refractivity contribution in [2.24, 2.45) is 51.4 Å². The molecule has 60 heavy (non-hydrogen) atoms. The lowest BCUT2D eigenvalue weighted by Gasteiger charge is -2.58. The smallest absolute Gasteiger partial charge is 0.394 e. The summed E-state index contributed by atoms with van der Waals surface area (Å²) in [5, 5.41) is 38.1. The summed E-state index contributed by atoms with van der Waals surface area (Å²) >= 11 is 5.31. The summed E-state index contributed by atoms with van der Waals surface area (Å²) in [4.78, 5) is 0. The molecule has 3 aliphatic heterocycles. The minimum atomic E-state index is -5.03. The quantitative estimate of drug-likeness (QED) is 0.0665. The Balaban J connectivity index is 0.929. The molecular formula is C43H57F6N3O7S. The number of thiocarbonyl (C=S) groups is 1. The number of nitrogens with zero attached hydrogens (tertiary/aromatic N) is 1. The van der Waals surface area contributed by atoms with E-state index >= 15 is 0 Å². The topological polar surface area (TPSA) is 134 Å². The van der Waals surface area contributed by atoms with Gasteiger partial charge in [-0.25, -0.2) is 0 Å². The predicted octanol–water partition coefficient (Wildman–Crippen LogP) is 7.08. The number of aliphatic hydroxyl groups is 3. The molecule has 5 N–H and O–H groups in total. The number of nitrogens with one attached hydrogen (secondary N) is 2. The van der Waals surface area contributed by atoms with E-state index in [-0.39, 0.29) is 34.2 Å². The highest BCUT2D eigenvalue weighted by molar-refractivity contribution is 7.80. The van der Waals surface area contributed by atoms with E-state index in [1.165, 1.54) is 5.57 Å². The summed E-state index contributed by atoms with van der Waals surface area (Å²) in [6.07, 6.45) is -3.83. The number of rotatable bonds is 6. The summed E-state index contributed by atoms with van der Waals surface area (Å²) in [6.45, 7) is 9.68. The highest BCUT2D eigenvalue weighted by atomic mass is 32.1. The van der Waals surface area contributed by atoms with Crippen LogP contribution in [0.4, 0.5) is 26.3 Å². The molecule has 3 heterocycles. The average molecular weight is 874 g/mol. The van der Waals surface area contributed by atoms with Crippen LogP contribution < -0.4 is 10.7 Å². The number of benzene rings is 1. The van der Waals surface area contributed by atoms with E-state index in [1.54, 1.807) is 0 Å². The van der Waals surface area contributed by atoms with Crippen LogP contribution in [0.5, 0.6) is 0 Å². The molecule has 16 atom stereocenters. The van der Waals surface area contributed by atoms with Crippen LogP contribution in [-0.4, -0.2) is 88.5 Å². The summed E-state index contributed by atoms with van der Waals surface area (Å²) in [5.74, 6) is 2.56. The first-order valence-electron chi connectivity index (χ1n) is 21.3. The summed E-state index contributed by atoms with van der Waals surface area (Å²) < 4.78 is 106. The molecule has 4 aliphatic carbocycles. The van der Waals surface area contributed by atoms with Crippen molar-refractivity contribution in [1.29, 1.82) is 0 Å². The van der Waals surface area contributed by atoms with Gasteiger partial charge in [-0.15, -0.1) is 0 Å². The molecule has 3 saturated carbocycles. The number of allylic oxidation sites excluding steroid dienone is 1. The SMILES string of the molecule is C[C@@H]1CC[C@@]2(OC1)O[C@H]1C[C@H]3[C@@H]4CC=C5C[C@@H](O[C@@H]6O[C@H](CO)[C@@H](O)[C@H](O)[C@H]6NC(=S)N/N=C/c6cc(C(F)(F)F)cc(C(F)(F)F)c6)CC[C@]5(C)[C@H]4CC[C@]3(C)[C@H]1[C@@H]2C. The lowest BCUT2D eigenvalue weighted by Crippen LogP contribution is -2.66. The van der Waals surface area contributed by atoms with E-state index in [9.17, 15) is 41.7 Å². The monoisotopic (exact) mass is 873 g/mol. The maximum Gasteiger partial charge on any atom is 0.416 e. The third-order valence-corrected chi connectivity index (χ3v) is 16.0. The third-order valence-electron chi connectivity index (χ3n) is 15.8. The summed E-state index contributed by atoms with van der Waals surface area (Å²) in [5.41, 5.74) is 0.372. The molecule has 0 unspecified atom stereocenters. The molecule has 10 nitrogen and oxygen atoms in total. The van der Waals surface area contributed by atoms with Gasteiger partial charge in [0.15, 0.2) is 17.2 Å². The highest BCUT2D eigenvalue weighted by Gasteiger charge is 2.68. The number of halogens is 6. The number of hydrogen-bond acceptors (Lipinski definition) is 9. The zero-order chi connectivity index (χ0) is 43.2. The zero-order valence-electron chi connectivity index (χ0n) is 34.3. The largest absolute Gasteiger partial charge is 0.416 e. The van der Waals surface area contributed by atoms with Crippen molar-refractivity contribution >= 4 is 23.5 Å². The average Bonchev–Trinajstić information content (AvgIpc) is 3.63. The van der Waals surface area contributed by atoms with Gasteiger partial charge in [0.2, 0.25) is 0 Å². The van der Waals surface area contributed by atoms with Crippen molar-refractivity contribution in [3.8, 4) is 0 Å². The van der Waals surface area contributed by atoms with Gasteiger partial charge in [-0.2, -0.15) is 31.4 Å². The number of hydrazone groups is 1. The minimum Gasteiger partial charge on any atom is -0.394 e. The molecule has 17 heteroatoms. The van der Waals surface area contributed by atoms with E-state index in [2.05, 4.69) is 49.6 Å². The molecule has 334 valence electrons. The normalized spacial score (nSPS) is 44.1. The Morgan fingerprint density at radius 1 is 0.983 bits per heavy atom. The van der Waals surface area contributed by atoms with Crippen molar-refractivity contribution in [2.45, 2.75) is 146 Å². The van der Waals surface area contributed by atoms with Crippen LogP contribution in [0.2, 0.25) is 0 Å². The van der Waals surface area contributed by atoms with Gasteiger partial charge in [0, 0.05) is 12.3 Å². The van der Waals surface area contributed by atoms with E-state index < -0.39 is 72.1 Å². The molecular weight excluding hydrogens is 817 g/mol. The molecule has 6 fully saturated rings. The van der Waals surface area contributed by atoms with Crippen LogP contribution in [0.15, 0.2) is 34.9 Å². The van der Waals surface area contributed by atoms with Gasteiger partial charge in [0.25, 0.3) is 0 Å². The maximum atomic E-state index is 13.3. The third kappa shape index (κ3) is 7.83. The van der Waals surface area contributed by atoms with Crippen molar-refractivity contribution in [3.63, 3.8) is 0 Å². The molecule has 0 bridgehead atoms. The lowest BCUT2D eigenvalue weighted by molar-refractivity contribution is -0.283. The van der Waals surface area contributed by atoms with Crippen LogP contribution in [0.3, 0.4) is 0 Å². The molecule has 0 amide bonds. The number of alkyl halides is 6. The van der Waals surface area contributed by atoms with Gasteiger partial charge in [-0.05, 0) is 128 Å². The molecule has 7 aliphatic rings. The van der Waals surface area contributed by atoms with Crippen molar-refractivity contribution in [1.82, 2.24) is 10.7 Å². The number of aliphatic hydroxyl groups excluding tert-OH is 3. The van der Waals surface area contributed by atoms with Gasteiger partial charge in [-0.1, -0.05) is 39.3 Å². The summed E-state index contributed by atoms with van der Waals surface area (Å²) in [7, 11) is 0.